The topological polar surface area (TPSA) is 145 Å². The predicted molar refractivity (Wildman–Crippen MR) is 76.7 cm³/mol. The quantitative estimate of drug-likeness (QED) is 0.554. The Kier molecular flexibility index (Phi) is 4.34. The van der Waals surface area contributed by atoms with Crippen molar-refractivity contribution in [3.63, 3.8) is 0 Å². The fourth-order valence-corrected chi connectivity index (χ4v) is 2.45. The maximum absolute atomic E-state index is 12.2. The van der Waals surface area contributed by atoms with Gasteiger partial charge in [0.1, 0.15) is 0 Å². The molecule has 23 heavy (non-hydrogen) atoms. The largest absolute Gasteiger partial charge is 0.869 e. The van der Waals surface area contributed by atoms with Gasteiger partial charge in [0, 0.05) is 23.8 Å². The molecule has 1 aromatic carbocycles. The number of fused-ring (bicyclic) bond motifs is 1. The van der Waals surface area contributed by atoms with Crippen molar-refractivity contribution in [2.45, 2.75) is 13.8 Å². The van der Waals surface area contributed by atoms with Gasteiger partial charge in [-0.2, -0.15) is 0 Å². The smallest absolute Gasteiger partial charge is 0.340 e. The van der Waals surface area contributed by atoms with Crippen LogP contribution >= 0.6 is 0 Å². The lowest BCUT2D eigenvalue weighted by molar-refractivity contribution is -0.267. The van der Waals surface area contributed by atoms with Crippen LogP contribution in [-0.2, 0) is 11.8 Å². The Morgan fingerprint density at radius 2 is 2.00 bits per heavy atom. The van der Waals surface area contributed by atoms with E-state index < -0.39 is 33.5 Å². The highest BCUT2D eigenvalue weighted by Crippen LogP contribution is 2.43. The molecule has 0 bridgehead atoms. The van der Waals surface area contributed by atoms with Crippen LogP contribution in [-0.4, -0.2) is 32.8 Å². The summed E-state index contributed by atoms with van der Waals surface area (Å²) in [6.07, 6.45) is 0. The fourth-order valence-electron chi connectivity index (χ4n) is 2.45. The van der Waals surface area contributed by atoms with E-state index in [0.717, 1.165) is 6.07 Å². The van der Waals surface area contributed by atoms with Gasteiger partial charge in [-0.25, -0.2) is 4.79 Å². The molecule has 3 N–H and O–H groups in total. The Morgan fingerprint density at radius 1 is 1.39 bits per heavy atom. The average molecular weight is 325 g/mol. The number of nitrogens with zero attached hydrogens (tertiary/aromatic N) is 3. The number of carbonyl (C=O) groups excluding carboxylic acids is 1. The van der Waals surface area contributed by atoms with Gasteiger partial charge in [0.2, 0.25) is 0 Å². The second-order valence-corrected chi connectivity index (χ2v) is 4.77. The summed E-state index contributed by atoms with van der Waals surface area (Å²) in [4.78, 5) is 12.2. The molecule has 0 unspecified atom stereocenters. The van der Waals surface area contributed by atoms with Crippen molar-refractivity contribution in [3.8, 4) is 5.75 Å². The molecule has 0 saturated carbocycles. The van der Waals surface area contributed by atoms with Crippen LogP contribution in [0.4, 0.5) is 11.4 Å². The number of carbonyl (C=O) groups is 1. The van der Waals surface area contributed by atoms with Crippen LogP contribution in [0.2, 0.25) is 0 Å². The van der Waals surface area contributed by atoms with E-state index in [2.05, 4.69) is 0 Å². The lowest BCUT2D eigenvalue weighted by Crippen LogP contribution is -2.18. The summed E-state index contributed by atoms with van der Waals surface area (Å²) in [6, 6.07) is 1.05. The van der Waals surface area contributed by atoms with E-state index in [1.807, 2.05) is 0 Å². The zero-order valence-corrected chi connectivity index (χ0v) is 12.6. The first-order valence-electron chi connectivity index (χ1n) is 6.56. The molecule has 0 spiro atoms. The maximum Gasteiger partial charge on any atom is 0.340 e. The van der Waals surface area contributed by atoms with E-state index in [4.69, 9.17) is 9.94 Å². The maximum atomic E-state index is 12.2. The SMILES string of the molecule is CCOC(=O)c1c(C)n(C)c2cc(N([O-])O)c([O-])c(N(O)O)c12. The van der Waals surface area contributed by atoms with Crippen molar-refractivity contribution in [2.75, 3.05) is 17.1 Å². The van der Waals surface area contributed by atoms with E-state index in [-0.39, 0.29) is 23.1 Å². The summed E-state index contributed by atoms with van der Waals surface area (Å²) in [5.74, 6) is -1.91. The molecular formula is C13H15N3O7-2. The van der Waals surface area contributed by atoms with Crippen LogP contribution in [0, 0.1) is 12.1 Å². The summed E-state index contributed by atoms with van der Waals surface area (Å²) < 4.78 is 6.38. The highest BCUT2D eigenvalue weighted by Gasteiger charge is 2.25. The Bertz CT molecular complexity index is 767. The number of hydrogen-bond donors (Lipinski definition) is 3. The Hall–Kier alpha value is -2.53. The second kappa shape index (κ2) is 5.93. The highest BCUT2D eigenvalue weighted by atomic mass is 16.8. The zero-order chi connectivity index (χ0) is 17.5. The molecule has 0 aliphatic heterocycles. The van der Waals surface area contributed by atoms with Gasteiger partial charge in [0.15, 0.2) is 0 Å². The number of hydrogen-bond acceptors (Lipinski definition) is 9. The first-order valence-corrected chi connectivity index (χ1v) is 6.56. The molecule has 10 nitrogen and oxygen atoms in total. The van der Waals surface area contributed by atoms with Gasteiger partial charge in [-0.1, -0.05) is 5.75 Å². The van der Waals surface area contributed by atoms with Crippen LogP contribution in [0.15, 0.2) is 6.07 Å². The molecule has 1 heterocycles. The number of aryl methyl sites for hydroxylation is 1. The van der Waals surface area contributed by atoms with Gasteiger partial charge in [-0.15, -0.1) is 5.23 Å². The van der Waals surface area contributed by atoms with Crippen molar-refractivity contribution in [1.29, 1.82) is 0 Å². The molecule has 0 saturated heterocycles. The molecule has 0 atom stereocenters. The molecule has 10 heteroatoms. The molecule has 2 rings (SSSR count). The fraction of sp³-hybridized carbons (Fsp3) is 0.308. The molecule has 0 amide bonds. The second-order valence-electron chi connectivity index (χ2n) is 4.77. The van der Waals surface area contributed by atoms with Gasteiger partial charge in [-0.05, 0) is 19.9 Å². The molecule has 0 radical (unpaired) electrons. The van der Waals surface area contributed by atoms with E-state index in [1.165, 1.54) is 4.57 Å². The van der Waals surface area contributed by atoms with Crippen LogP contribution in [0.1, 0.15) is 23.0 Å². The van der Waals surface area contributed by atoms with Crippen LogP contribution in [0.3, 0.4) is 0 Å². The molecule has 0 aliphatic carbocycles. The molecule has 126 valence electrons. The number of esters is 1. The first kappa shape index (κ1) is 16.8. The normalized spacial score (nSPS) is 10.9. The van der Waals surface area contributed by atoms with Gasteiger partial charge in [0.05, 0.1) is 23.4 Å². The summed E-state index contributed by atoms with van der Waals surface area (Å²) in [7, 11) is 1.55. The molecule has 0 aliphatic rings. The molecular weight excluding hydrogens is 310 g/mol. The number of aromatic nitrogens is 1. The molecule has 1 aromatic heterocycles. The number of rotatable bonds is 4. The lowest BCUT2D eigenvalue weighted by Gasteiger charge is -2.30. The predicted octanol–water partition coefficient (Wildman–Crippen LogP) is 1.02. The lowest BCUT2D eigenvalue weighted by atomic mass is 10.1. The monoisotopic (exact) mass is 325 g/mol. The third kappa shape index (κ3) is 2.53. The van der Waals surface area contributed by atoms with Crippen LogP contribution < -0.4 is 15.6 Å². The van der Waals surface area contributed by atoms with Crippen molar-refractivity contribution in [2.24, 2.45) is 7.05 Å². The van der Waals surface area contributed by atoms with E-state index in [0.29, 0.717) is 5.69 Å². The van der Waals surface area contributed by atoms with Gasteiger partial charge >= 0.3 is 5.97 Å². The van der Waals surface area contributed by atoms with Crippen molar-refractivity contribution < 1.29 is 30.3 Å². The van der Waals surface area contributed by atoms with Crippen LogP contribution in [0.5, 0.6) is 5.75 Å². The van der Waals surface area contributed by atoms with E-state index in [1.54, 1.807) is 20.9 Å². The third-order valence-corrected chi connectivity index (χ3v) is 3.58. The van der Waals surface area contributed by atoms with E-state index in [9.17, 15) is 25.5 Å². The number of benzene rings is 1. The van der Waals surface area contributed by atoms with Crippen molar-refractivity contribution in [1.82, 2.24) is 4.57 Å². The number of ether oxygens (including phenoxy) is 1. The minimum atomic E-state index is -1.16. The van der Waals surface area contributed by atoms with Crippen molar-refractivity contribution >= 4 is 28.2 Å². The summed E-state index contributed by atoms with van der Waals surface area (Å²) in [6.45, 7) is 3.24. The Morgan fingerprint density at radius 3 is 2.48 bits per heavy atom. The zero-order valence-electron chi connectivity index (χ0n) is 12.6. The van der Waals surface area contributed by atoms with Gasteiger partial charge < -0.3 is 24.8 Å². The Labute approximate surface area is 130 Å². The van der Waals surface area contributed by atoms with Crippen LogP contribution in [0.25, 0.3) is 10.9 Å². The summed E-state index contributed by atoms with van der Waals surface area (Å²) >= 11 is 0. The highest BCUT2D eigenvalue weighted by molar-refractivity contribution is 6.13. The van der Waals surface area contributed by atoms with Crippen molar-refractivity contribution in [3.05, 3.63) is 22.5 Å². The Balaban J connectivity index is 2.98. The van der Waals surface area contributed by atoms with Gasteiger partial charge in [0.25, 0.3) is 0 Å². The standard InChI is InChI=1S/C13H16N3O7/c1-4-23-13(18)9-6(2)14(3)7-5-8(15(19)20)12(17)11(10(7)9)16(21)22/h5,17,19,21-22H,4H2,1-3H3/q-1/p-1. The first-order chi connectivity index (χ1) is 10.7. The summed E-state index contributed by atoms with van der Waals surface area (Å²) in [5.41, 5.74) is -0.950. The average Bonchev–Trinajstić information content (AvgIpc) is 2.69. The van der Waals surface area contributed by atoms with Gasteiger partial charge in [-0.3, -0.25) is 15.6 Å². The summed E-state index contributed by atoms with van der Waals surface area (Å²) in [5, 5.41) is 49.8. The minimum absolute atomic E-state index is 0.0357. The minimum Gasteiger partial charge on any atom is -0.869 e. The number of anilines is 2. The third-order valence-electron chi connectivity index (χ3n) is 3.58. The molecule has 0 fully saturated rings. The molecule has 2 aromatic rings. The van der Waals surface area contributed by atoms with E-state index >= 15 is 0 Å².